The largest absolute Gasteiger partial charge is 0.276 e. The van der Waals surface area contributed by atoms with Crippen LogP contribution in [0.15, 0.2) is 64.6 Å². The van der Waals surface area contributed by atoms with Gasteiger partial charge in [-0.25, -0.2) is 0 Å². The molecule has 0 spiro atoms. The first-order valence-corrected chi connectivity index (χ1v) is 9.30. The first-order valence-electron chi connectivity index (χ1n) is 6.29. The first kappa shape index (κ1) is 16.0. The number of benzene rings is 2. The lowest BCUT2D eigenvalue weighted by molar-refractivity contribution is 0.584. The Labute approximate surface area is 138 Å². The maximum atomic E-state index is 12.2. The molecule has 2 aromatic carbocycles. The average Bonchev–Trinajstić information content (AvgIpc) is 2.49. The lowest BCUT2D eigenvalue weighted by Crippen LogP contribution is -2.21. The van der Waals surface area contributed by atoms with Crippen molar-refractivity contribution < 1.29 is 8.42 Å². The Kier molecular flexibility index (Phi) is 5.35. The van der Waals surface area contributed by atoms with Crippen LogP contribution in [-0.2, 0) is 10.0 Å². The van der Waals surface area contributed by atoms with Crippen LogP contribution in [0.25, 0.3) is 0 Å². The van der Waals surface area contributed by atoms with Crippen molar-refractivity contribution in [3.05, 3.63) is 65.7 Å². The number of halogens is 1. The Balaban J connectivity index is 2.24. The summed E-state index contributed by atoms with van der Waals surface area (Å²) in [4.78, 5) is 2.51. The van der Waals surface area contributed by atoms with Gasteiger partial charge in [-0.05, 0) is 24.6 Å². The molecule has 2 aromatic rings. The predicted octanol–water partition coefficient (Wildman–Crippen LogP) is 3.11. The fraction of sp³-hybridized carbons (Fsp3) is 0.133. The Morgan fingerprint density at radius 1 is 1.10 bits per heavy atom. The summed E-state index contributed by atoms with van der Waals surface area (Å²) in [6, 6.07) is 16.2. The fourth-order valence-corrected chi connectivity index (χ4v) is 3.13. The van der Waals surface area contributed by atoms with Crippen molar-refractivity contribution in [2.24, 2.45) is 5.10 Å². The number of aryl methyl sites for hydroxylation is 1. The van der Waals surface area contributed by atoms with Gasteiger partial charge in [-0.1, -0.05) is 70.6 Å². The Morgan fingerprint density at radius 2 is 1.71 bits per heavy atom. The summed E-state index contributed by atoms with van der Waals surface area (Å²) < 4.78 is 25.0. The third kappa shape index (κ3) is 4.28. The summed E-state index contributed by atoms with van der Waals surface area (Å²) >= 11 is 2.16. The second kappa shape index (κ2) is 7.04. The van der Waals surface area contributed by atoms with E-state index < -0.39 is 10.0 Å². The number of rotatable bonds is 5. The highest BCUT2D eigenvalue weighted by atomic mass is 127. The van der Waals surface area contributed by atoms with Gasteiger partial charge in [0.05, 0.1) is 10.6 Å². The molecule has 0 aromatic heterocycles. The zero-order valence-corrected chi connectivity index (χ0v) is 14.4. The van der Waals surface area contributed by atoms with Crippen LogP contribution in [0.5, 0.6) is 0 Å². The molecule has 0 aliphatic heterocycles. The number of sulfonamides is 1. The van der Waals surface area contributed by atoms with E-state index in [0.29, 0.717) is 10.1 Å². The van der Waals surface area contributed by atoms with Gasteiger partial charge in [0.2, 0.25) is 0 Å². The Hall–Kier alpha value is -1.41. The number of hydrazone groups is 1. The maximum absolute atomic E-state index is 12.2. The second-order valence-corrected chi connectivity index (χ2v) is 6.89. The lowest BCUT2D eigenvalue weighted by atomic mass is 10.1. The quantitative estimate of drug-likeness (QED) is 0.354. The molecule has 2 rings (SSSR count). The minimum atomic E-state index is -3.63. The monoisotopic (exact) mass is 414 g/mol. The topological polar surface area (TPSA) is 58.5 Å². The van der Waals surface area contributed by atoms with Gasteiger partial charge in [0.25, 0.3) is 10.0 Å². The van der Waals surface area contributed by atoms with Crippen LogP contribution < -0.4 is 4.83 Å². The van der Waals surface area contributed by atoms with Gasteiger partial charge >= 0.3 is 0 Å². The van der Waals surface area contributed by atoms with E-state index in [-0.39, 0.29) is 4.90 Å². The van der Waals surface area contributed by atoms with Gasteiger partial charge in [-0.2, -0.15) is 18.4 Å². The molecule has 1 N–H and O–H groups in total. The highest BCUT2D eigenvalue weighted by Crippen LogP contribution is 2.10. The SMILES string of the molecule is Cc1ccc(S(=O)(=O)N/N=C(/CI)c2ccccc2)cc1. The van der Waals surface area contributed by atoms with E-state index in [4.69, 9.17) is 0 Å². The molecule has 0 atom stereocenters. The van der Waals surface area contributed by atoms with Crippen molar-refractivity contribution in [2.75, 3.05) is 4.43 Å². The van der Waals surface area contributed by atoms with Crippen molar-refractivity contribution in [2.45, 2.75) is 11.8 Å². The molecule has 110 valence electrons. The minimum Gasteiger partial charge on any atom is -0.200 e. The predicted molar refractivity (Wildman–Crippen MR) is 93.4 cm³/mol. The van der Waals surface area contributed by atoms with Crippen LogP contribution in [0.2, 0.25) is 0 Å². The number of nitrogens with one attached hydrogen (secondary N) is 1. The minimum absolute atomic E-state index is 0.206. The number of hydrogen-bond donors (Lipinski definition) is 1. The summed E-state index contributed by atoms with van der Waals surface area (Å²) in [5.41, 5.74) is 2.60. The molecule has 0 saturated heterocycles. The van der Waals surface area contributed by atoms with Gasteiger partial charge in [-0.3, -0.25) is 0 Å². The van der Waals surface area contributed by atoms with Crippen molar-refractivity contribution in [1.29, 1.82) is 0 Å². The molecule has 0 aliphatic carbocycles. The van der Waals surface area contributed by atoms with Gasteiger partial charge in [0.15, 0.2) is 0 Å². The summed E-state index contributed by atoms with van der Waals surface area (Å²) in [6.07, 6.45) is 0. The lowest BCUT2D eigenvalue weighted by Gasteiger charge is -2.07. The standard InChI is InChI=1S/C15H15IN2O2S/c1-12-7-9-14(10-8-12)21(19,20)18-17-15(11-16)13-5-3-2-4-6-13/h2-10,18H,11H2,1H3/b17-15-. The molecule has 0 unspecified atom stereocenters. The van der Waals surface area contributed by atoms with E-state index in [1.165, 1.54) is 0 Å². The number of hydrogen-bond acceptors (Lipinski definition) is 3. The van der Waals surface area contributed by atoms with E-state index in [2.05, 4.69) is 32.5 Å². The van der Waals surface area contributed by atoms with Crippen LogP contribution in [0.4, 0.5) is 0 Å². The van der Waals surface area contributed by atoms with Crippen molar-refractivity contribution >= 4 is 38.3 Å². The van der Waals surface area contributed by atoms with Crippen LogP contribution in [-0.4, -0.2) is 18.6 Å². The molecule has 4 nitrogen and oxygen atoms in total. The average molecular weight is 414 g/mol. The molecule has 0 saturated carbocycles. The summed E-state index contributed by atoms with van der Waals surface area (Å²) in [6.45, 7) is 1.91. The van der Waals surface area contributed by atoms with Crippen LogP contribution in [0, 0.1) is 6.92 Å². The van der Waals surface area contributed by atoms with E-state index >= 15 is 0 Å². The third-order valence-corrected chi connectivity index (χ3v) is 4.81. The molecule has 21 heavy (non-hydrogen) atoms. The molecule has 0 aliphatic rings. The number of nitrogens with zero attached hydrogens (tertiary/aromatic N) is 1. The molecule has 0 radical (unpaired) electrons. The smallest absolute Gasteiger partial charge is 0.200 e. The Bertz CT molecular complexity index is 726. The van der Waals surface area contributed by atoms with Crippen molar-refractivity contribution in [1.82, 2.24) is 4.83 Å². The third-order valence-electron chi connectivity index (χ3n) is 2.87. The van der Waals surface area contributed by atoms with Crippen molar-refractivity contribution in [3.8, 4) is 0 Å². The normalized spacial score (nSPS) is 12.2. The Morgan fingerprint density at radius 3 is 2.29 bits per heavy atom. The van der Waals surface area contributed by atoms with Crippen LogP contribution >= 0.6 is 22.6 Å². The van der Waals surface area contributed by atoms with Crippen LogP contribution in [0.1, 0.15) is 11.1 Å². The molecule has 0 fully saturated rings. The molecule has 0 amide bonds. The van der Waals surface area contributed by atoms with Gasteiger partial charge < -0.3 is 0 Å². The summed E-state index contributed by atoms with van der Waals surface area (Å²) in [7, 11) is -3.63. The molecule has 6 heteroatoms. The van der Waals surface area contributed by atoms with E-state index in [1.54, 1.807) is 24.3 Å². The molecule has 0 bridgehead atoms. The summed E-state index contributed by atoms with van der Waals surface area (Å²) in [5.74, 6) is 0. The second-order valence-electron chi connectivity index (χ2n) is 4.47. The van der Waals surface area contributed by atoms with E-state index in [0.717, 1.165) is 11.1 Å². The highest BCUT2D eigenvalue weighted by Gasteiger charge is 2.13. The van der Waals surface area contributed by atoms with Crippen LogP contribution in [0.3, 0.4) is 0 Å². The molecular formula is C15H15IN2O2S. The summed E-state index contributed by atoms with van der Waals surface area (Å²) in [5, 5.41) is 4.05. The fourth-order valence-electron chi connectivity index (χ4n) is 1.69. The van der Waals surface area contributed by atoms with Gasteiger partial charge in [-0.15, -0.1) is 0 Å². The number of alkyl halides is 1. The zero-order valence-electron chi connectivity index (χ0n) is 11.5. The zero-order chi connectivity index (χ0) is 15.3. The first-order chi connectivity index (χ1) is 10.0. The van der Waals surface area contributed by atoms with Gasteiger partial charge in [0.1, 0.15) is 0 Å². The highest BCUT2D eigenvalue weighted by molar-refractivity contribution is 14.1. The van der Waals surface area contributed by atoms with Gasteiger partial charge in [0, 0.05) is 4.43 Å². The van der Waals surface area contributed by atoms with E-state index in [1.807, 2.05) is 37.3 Å². The van der Waals surface area contributed by atoms with Crippen molar-refractivity contribution in [3.63, 3.8) is 0 Å². The van der Waals surface area contributed by atoms with E-state index in [9.17, 15) is 8.42 Å². The maximum Gasteiger partial charge on any atom is 0.276 e. The molecular weight excluding hydrogens is 399 g/mol. The molecule has 0 heterocycles.